The number of rotatable bonds is 5. The van der Waals surface area contributed by atoms with E-state index in [2.05, 4.69) is 24.4 Å². The predicted octanol–water partition coefficient (Wildman–Crippen LogP) is 3.40. The van der Waals surface area contributed by atoms with Gasteiger partial charge in [0.15, 0.2) is 0 Å². The topological polar surface area (TPSA) is 49.4 Å². The molecular formula is C22H26N2O2. The van der Waals surface area contributed by atoms with Crippen LogP contribution in [0.1, 0.15) is 48.6 Å². The third-order valence-electron chi connectivity index (χ3n) is 5.05. The van der Waals surface area contributed by atoms with Gasteiger partial charge in [-0.25, -0.2) is 0 Å². The van der Waals surface area contributed by atoms with Crippen molar-refractivity contribution in [1.82, 2.24) is 10.2 Å². The van der Waals surface area contributed by atoms with Crippen LogP contribution >= 0.6 is 0 Å². The lowest BCUT2D eigenvalue weighted by Crippen LogP contribution is -2.46. The van der Waals surface area contributed by atoms with Crippen LogP contribution in [-0.2, 0) is 29.0 Å². The first kappa shape index (κ1) is 18.2. The average Bonchev–Trinajstić information content (AvgIpc) is 2.70. The molecule has 0 unspecified atom stereocenters. The molecule has 0 saturated carbocycles. The van der Waals surface area contributed by atoms with Gasteiger partial charge in [-0.05, 0) is 35.1 Å². The van der Waals surface area contributed by atoms with Crippen LogP contribution in [0.4, 0.5) is 0 Å². The molecule has 4 heteroatoms. The van der Waals surface area contributed by atoms with E-state index in [1.165, 1.54) is 5.56 Å². The highest BCUT2D eigenvalue weighted by Crippen LogP contribution is 2.30. The van der Waals surface area contributed by atoms with Gasteiger partial charge in [-0.15, -0.1) is 0 Å². The molecule has 1 aliphatic heterocycles. The Labute approximate surface area is 155 Å². The Morgan fingerprint density at radius 2 is 1.73 bits per heavy atom. The molecule has 0 spiro atoms. The van der Waals surface area contributed by atoms with Gasteiger partial charge in [-0.1, -0.05) is 62.4 Å². The van der Waals surface area contributed by atoms with Gasteiger partial charge >= 0.3 is 0 Å². The second-order valence-electron chi connectivity index (χ2n) is 6.68. The number of benzene rings is 2. The Balaban J connectivity index is 1.78. The van der Waals surface area contributed by atoms with Crippen molar-refractivity contribution < 1.29 is 9.59 Å². The van der Waals surface area contributed by atoms with E-state index in [0.717, 1.165) is 29.5 Å². The predicted molar refractivity (Wildman–Crippen MR) is 103 cm³/mol. The monoisotopic (exact) mass is 350 g/mol. The first-order valence-electron chi connectivity index (χ1n) is 9.36. The van der Waals surface area contributed by atoms with Crippen LogP contribution in [0.3, 0.4) is 0 Å². The van der Waals surface area contributed by atoms with E-state index in [1.54, 1.807) is 4.90 Å². The number of nitrogens with zero attached hydrogens (tertiary/aromatic N) is 1. The minimum atomic E-state index is -0.540. The Hall–Kier alpha value is -2.62. The zero-order valence-electron chi connectivity index (χ0n) is 15.5. The standard InChI is InChI=1S/C22H26N2O2/c1-3-16-9-11-17(12-10-16)15-23-22(26)21-19-8-6-5-7-18(19)13-14-24(21)20(25)4-2/h5-12,21H,3-4,13-15H2,1-2H3,(H,23,26)/t21-/m0/s1. The van der Waals surface area contributed by atoms with Gasteiger partial charge in [0.05, 0.1) is 0 Å². The number of nitrogens with one attached hydrogen (secondary N) is 1. The molecule has 0 bridgehead atoms. The molecule has 0 saturated heterocycles. The van der Waals surface area contributed by atoms with Crippen molar-refractivity contribution in [2.45, 2.75) is 45.7 Å². The lowest BCUT2D eigenvalue weighted by atomic mass is 9.91. The van der Waals surface area contributed by atoms with Gasteiger partial charge in [-0.2, -0.15) is 0 Å². The van der Waals surface area contributed by atoms with Crippen molar-refractivity contribution in [3.63, 3.8) is 0 Å². The van der Waals surface area contributed by atoms with E-state index in [1.807, 2.05) is 43.3 Å². The maximum absolute atomic E-state index is 13.0. The number of amides is 2. The van der Waals surface area contributed by atoms with Gasteiger partial charge in [0.1, 0.15) is 6.04 Å². The van der Waals surface area contributed by atoms with E-state index in [4.69, 9.17) is 0 Å². The maximum Gasteiger partial charge on any atom is 0.247 e. The number of hydrogen-bond donors (Lipinski definition) is 1. The molecule has 0 radical (unpaired) electrons. The molecule has 2 aromatic carbocycles. The highest BCUT2D eigenvalue weighted by molar-refractivity contribution is 5.89. The van der Waals surface area contributed by atoms with Crippen LogP contribution in [0.25, 0.3) is 0 Å². The first-order chi connectivity index (χ1) is 12.6. The van der Waals surface area contributed by atoms with Crippen LogP contribution in [0.2, 0.25) is 0 Å². The SMILES string of the molecule is CCC(=O)N1CCc2ccccc2[C@H]1C(=O)NCc1ccc(CC)cc1. The Kier molecular flexibility index (Phi) is 5.71. The minimum absolute atomic E-state index is 0.0203. The number of fused-ring (bicyclic) bond motifs is 1. The molecule has 2 aromatic rings. The summed E-state index contributed by atoms with van der Waals surface area (Å²) < 4.78 is 0. The van der Waals surface area contributed by atoms with Crippen LogP contribution in [-0.4, -0.2) is 23.3 Å². The fourth-order valence-corrected chi connectivity index (χ4v) is 3.50. The van der Waals surface area contributed by atoms with Gasteiger partial charge in [0.25, 0.3) is 0 Å². The second-order valence-corrected chi connectivity index (χ2v) is 6.68. The summed E-state index contributed by atoms with van der Waals surface area (Å²) in [5.41, 5.74) is 4.44. The molecule has 0 aromatic heterocycles. The normalized spacial score (nSPS) is 16.1. The largest absolute Gasteiger partial charge is 0.350 e. The number of carbonyl (C=O) groups is 2. The minimum Gasteiger partial charge on any atom is -0.350 e. The third-order valence-corrected chi connectivity index (χ3v) is 5.05. The molecule has 136 valence electrons. The molecule has 1 heterocycles. The molecule has 0 fully saturated rings. The lowest BCUT2D eigenvalue weighted by molar-refractivity contribution is -0.141. The fourth-order valence-electron chi connectivity index (χ4n) is 3.50. The lowest BCUT2D eigenvalue weighted by Gasteiger charge is -2.36. The highest BCUT2D eigenvalue weighted by atomic mass is 16.2. The van der Waals surface area contributed by atoms with Crippen LogP contribution in [0.15, 0.2) is 48.5 Å². The summed E-state index contributed by atoms with van der Waals surface area (Å²) in [4.78, 5) is 27.1. The molecular weight excluding hydrogens is 324 g/mol. The summed E-state index contributed by atoms with van der Waals surface area (Å²) >= 11 is 0. The average molecular weight is 350 g/mol. The zero-order valence-corrected chi connectivity index (χ0v) is 15.5. The Morgan fingerprint density at radius 1 is 1.04 bits per heavy atom. The van der Waals surface area contributed by atoms with Crippen LogP contribution in [0, 0.1) is 0 Å². The summed E-state index contributed by atoms with van der Waals surface area (Å²) in [6, 6.07) is 15.7. The maximum atomic E-state index is 13.0. The number of carbonyl (C=O) groups excluding carboxylic acids is 2. The van der Waals surface area contributed by atoms with Gasteiger partial charge in [0.2, 0.25) is 11.8 Å². The van der Waals surface area contributed by atoms with Crippen molar-refractivity contribution in [2.24, 2.45) is 0 Å². The number of hydrogen-bond acceptors (Lipinski definition) is 2. The molecule has 2 amide bonds. The Bertz CT molecular complexity index is 783. The summed E-state index contributed by atoms with van der Waals surface area (Å²) in [5, 5.41) is 3.02. The summed E-state index contributed by atoms with van der Waals surface area (Å²) in [7, 11) is 0. The summed E-state index contributed by atoms with van der Waals surface area (Å²) in [6.45, 7) is 5.02. The molecule has 4 nitrogen and oxygen atoms in total. The first-order valence-corrected chi connectivity index (χ1v) is 9.36. The van der Waals surface area contributed by atoms with Crippen molar-refractivity contribution in [1.29, 1.82) is 0 Å². The van der Waals surface area contributed by atoms with Gasteiger partial charge in [0, 0.05) is 19.5 Å². The summed E-state index contributed by atoms with van der Waals surface area (Å²) in [6.07, 6.45) is 2.20. The molecule has 1 aliphatic rings. The molecule has 1 N–H and O–H groups in total. The van der Waals surface area contributed by atoms with E-state index >= 15 is 0 Å². The van der Waals surface area contributed by atoms with E-state index in [-0.39, 0.29) is 11.8 Å². The molecule has 0 aliphatic carbocycles. The van der Waals surface area contributed by atoms with Crippen LogP contribution < -0.4 is 5.32 Å². The van der Waals surface area contributed by atoms with E-state index in [9.17, 15) is 9.59 Å². The molecule has 3 rings (SSSR count). The van der Waals surface area contributed by atoms with E-state index < -0.39 is 6.04 Å². The molecule has 1 atom stereocenters. The van der Waals surface area contributed by atoms with Crippen LogP contribution in [0.5, 0.6) is 0 Å². The quantitative estimate of drug-likeness (QED) is 0.898. The number of aryl methyl sites for hydroxylation is 1. The van der Waals surface area contributed by atoms with Crippen molar-refractivity contribution in [3.05, 3.63) is 70.8 Å². The second kappa shape index (κ2) is 8.17. The summed E-state index contributed by atoms with van der Waals surface area (Å²) in [5.74, 6) is -0.0922. The smallest absolute Gasteiger partial charge is 0.247 e. The Morgan fingerprint density at radius 3 is 2.42 bits per heavy atom. The van der Waals surface area contributed by atoms with Crippen molar-refractivity contribution >= 4 is 11.8 Å². The third kappa shape index (κ3) is 3.79. The van der Waals surface area contributed by atoms with Gasteiger partial charge < -0.3 is 10.2 Å². The zero-order chi connectivity index (χ0) is 18.5. The van der Waals surface area contributed by atoms with Crippen molar-refractivity contribution in [2.75, 3.05) is 6.54 Å². The van der Waals surface area contributed by atoms with E-state index in [0.29, 0.717) is 19.5 Å². The fraction of sp³-hybridized carbons (Fsp3) is 0.364. The van der Waals surface area contributed by atoms with Crippen molar-refractivity contribution in [3.8, 4) is 0 Å². The van der Waals surface area contributed by atoms with Gasteiger partial charge in [-0.3, -0.25) is 9.59 Å². The molecule has 26 heavy (non-hydrogen) atoms. The highest BCUT2D eigenvalue weighted by Gasteiger charge is 2.34.